The summed E-state index contributed by atoms with van der Waals surface area (Å²) in [5.41, 5.74) is 4.18. The van der Waals surface area contributed by atoms with Crippen molar-refractivity contribution in [1.82, 2.24) is 0 Å². The summed E-state index contributed by atoms with van der Waals surface area (Å²) in [6.07, 6.45) is -5.25. The van der Waals surface area contributed by atoms with Crippen LogP contribution < -0.4 is 15.2 Å². The molecule has 1 aromatic rings. The van der Waals surface area contributed by atoms with Crippen LogP contribution in [0.2, 0.25) is 0 Å². The first-order valence-corrected chi connectivity index (χ1v) is 5.27. The maximum absolute atomic E-state index is 12.9. The number of rotatable bonds is 3. The Balaban J connectivity index is 2.48. The van der Waals surface area contributed by atoms with Crippen LogP contribution in [0.4, 0.5) is 13.2 Å². The average molecular weight is 277 g/mol. The van der Waals surface area contributed by atoms with Crippen LogP contribution in [0.1, 0.15) is 23.6 Å². The van der Waals surface area contributed by atoms with Gasteiger partial charge in [-0.15, -0.1) is 0 Å². The lowest BCUT2D eigenvalue weighted by Crippen LogP contribution is -2.20. The number of carboxylic acids is 1. The largest absolute Gasteiger partial charge is 0.481 e. The van der Waals surface area contributed by atoms with Gasteiger partial charge in [0.15, 0.2) is 11.5 Å². The van der Waals surface area contributed by atoms with Crippen molar-refractivity contribution in [3.05, 3.63) is 23.3 Å². The Kier molecular flexibility index (Phi) is 3.27. The molecule has 1 aliphatic heterocycles. The molecule has 8 heteroatoms. The summed E-state index contributed by atoms with van der Waals surface area (Å²) in [4.78, 5) is 10.6. The van der Waals surface area contributed by atoms with Gasteiger partial charge in [0, 0.05) is 6.04 Å². The van der Waals surface area contributed by atoms with Gasteiger partial charge in [0.2, 0.25) is 6.79 Å². The van der Waals surface area contributed by atoms with Gasteiger partial charge in [-0.1, -0.05) is 0 Å². The van der Waals surface area contributed by atoms with Crippen molar-refractivity contribution in [1.29, 1.82) is 0 Å². The lowest BCUT2D eigenvalue weighted by Gasteiger charge is -2.17. The highest BCUT2D eigenvalue weighted by Crippen LogP contribution is 2.43. The van der Waals surface area contributed by atoms with Crippen LogP contribution in [0.5, 0.6) is 11.5 Å². The fourth-order valence-electron chi connectivity index (χ4n) is 1.81. The third-order valence-corrected chi connectivity index (χ3v) is 2.64. The highest BCUT2D eigenvalue weighted by Gasteiger charge is 2.37. The van der Waals surface area contributed by atoms with Crippen LogP contribution >= 0.6 is 0 Å². The second kappa shape index (κ2) is 4.61. The van der Waals surface area contributed by atoms with E-state index in [1.165, 1.54) is 0 Å². The van der Waals surface area contributed by atoms with E-state index in [4.69, 9.17) is 20.3 Å². The summed E-state index contributed by atoms with van der Waals surface area (Å²) in [7, 11) is 0. The zero-order valence-corrected chi connectivity index (χ0v) is 9.53. The Morgan fingerprint density at radius 2 is 1.95 bits per heavy atom. The van der Waals surface area contributed by atoms with Crippen molar-refractivity contribution in [2.24, 2.45) is 5.73 Å². The molecule has 0 aromatic heterocycles. The quantitative estimate of drug-likeness (QED) is 0.882. The summed E-state index contributed by atoms with van der Waals surface area (Å²) >= 11 is 0. The van der Waals surface area contributed by atoms with E-state index in [1.54, 1.807) is 0 Å². The lowest BCUT2D eigenvalue weighted by atomic mass is 9.97. The molecular formula is C11H10F3NO4. The first-order valence-electron chi connectivity index (χ1n) is 5.27. The lowest BCUT2D eigenvalue weighted by molar-refractivity contribution is -0.140. The molecule has 0 bridgehead atoms. The van der Waals surface area contributed by atoms with Crippen molar-refractivity contribution in [3.8, 4) is 11.5 Å². The van der Waals surface area contributed by atoms with Crippen LogP contribution in [0.15, 0.2) is 12.1 Å². The van der Waals surface area contributed by atoms with Gasteiger partial charge in [0.05, 0.1) is 12.0 Å². The van der Waals surface area contributed by atoms with Gasteiger partial charge in [-0.3, -0.25) is 4.79 Å². The third-order valence-electron chi connectivity index (χ3n) is 2.64. The standard InChI is InChI=1S/C11H10F3NO4/c12-11(13,14)6-2-9-8(18-4-19-9)1-5(6)7(15)3-10(16)17/h1-2,7H,3-4,15H2,(H,16,17). The number of carbonyl (C=O) groups is 1. The Labute approximate surface area is 105 Å². The van der Waals surface area contributed by atoms with Crippen molar-refractivity contribution in [2.45, 2.75) is 18.6 Å². The molecule has 1 atom stereocenters. The molecule has 5 nitrogen and oxygen atoms in total. The fourth-order valence-corrected chi connectivity index (χ4v) is 1.81. The third kappa shape index (κ3) is 2.73. The number of benzene rings is 1. The van der Waals surface area contributed by atoms with Gasteiger partial charge in [-0.25, -0.2) is 0 Å². The smallest absolute Gasteiger partial charge is 0.416 e. The predicted molar refractivity (Wildman–Crippen MR) is 56.7 cm³/mol. The van der Waals surface area contributed by atoms with E-state index >= 15 is 0 Å². The molecule has 0 saturated carbocycles. The molecular weight excluding hydrogens is 267 g/mol. The average Bonchev–Trinajstić information content (AvgIpc) is 2.71. The minimum absolute atomic E-state index is 0.0291. The monoisotopic (exact) mass is 277 g/mol. The molecule has 1 aliphatic rings. The Morgan fingerprint density at radius 3 is 2.47 bits per heavy atom. The van der Waals surface area contributed by atoms with E-state index in [9.17, 15) is 18.0 Å². The molecule has 0 aliphatic carbocycles. The van der Waals surface area contributed by atoms with E-state index in [-0.39, 0.29) is 23.9 Å². The summed E-state index contributed by atoms with van der Waals surface area (Å²) in [5.74, 6) is -1.18. The van der Waals surface area contributed by atoms with Crippen LogP contribution in [-0.2, 0) is 11.0 Å². The zero-order valence-electron chi connectivity index (χ0n) is 9.53. The number of nitrogens with two attached hydrogens (primary N) is 1. The molecule has 19 heavy (non-hydrogen) atoms. The Hall–Kier alpha value is -1.96. The van der Waals surface area contributed by atoms with Gasteiger partial charge in [0.25, 0.3) is 0 Å². The predicted octanol–water partition coefficient (Wildman–Crippen LogP) is 1.91. The molecule has 0 fully saturated rings. The molecule has 0 radical (unpaired) electrons. The molecule has 2 rings (SSSR count). The fraction of sp³-hybridized carbons (Fsp3) is 0.364. The van der Waals surface area contributed by atoms with Crippen molar-refractivity contribution in [3.63, 3.8) is 0 Å². The van der Waals surface area contributed by atoms with Crippen molar-refractivity contribution < 1.29 is 32.5 Å². The number of fused-ring (bicyclic) bond motifs is 1. The highest BCUT2D eigenvalue weighted by atomic mass is 19.4. The van der Waals surface area contributed by atoms with E-state index in [1.807, 2.05) is 0 Å². The van der Waals surface area contributed by atoms with Gasteiger partial charge in [0.1, 0.15) is 0 Å². The number of alkyl halides is 3. The van der Waals surface area contributed by atoms with Gasteiger partial charge < -0.3 is 20.3 Å². The molecule has 1 unspecified atom stereocenters. The number of aliphatic carboxylic acids is 1. The molecule has 0 spiro atoms. The molecule has 1 aromatic carbocycles. The second-order valence-electron chi connectivity index (χ2n) is 3.99. The van der Waals surface area contributed by atoms with Crippen LogP contribution in [0.3, 0.4) is 0 Å². The number of hydrogen-bond acceptors (Lipinski definition) is 4. The second-order valence-corrected chi connectivity index (χ2v) is 3.99. The Morgan fingerprint density at radius 1 is 1.37 bits per heavy atom. The van der Waals surface area contributed by atoms with E-state index in [0.717, 1.165) is 12.1 Å². The van der Waals surface area contributed by atoms with Gasteiger partial charge >= 0.3 is 12.1 Å². The summed E-state index contributed by atoms with van der Waals surface area (Å²) in [5, 5.41) is 8.62. The van der Waals surface area contributed by atoms with E-state index < -0.39 is 30.2 Å². The van der Waals surface area contributed by atoms with Crippen molar-refractivity contribution in [2.75, 3.05) is 6.79 Å². The molecule has 104 valence electrons. The van der Waals surface area contributed by atoms with Crippen molar-refractivity contribution >= 4 is 5.97 Å². The molecule has 1 heterocycles. The van der Waals surface area contributed by atoms with Gasteiger partial charge in [-0.05, 0) is 17.7 Å². The normalized spacial score (nSPS) is 15.4. The molecule has 3 N–H and O–H groups in total. The number of halogens is 3. The van der Waals surface area contributed by atoms with Crippen LogP contribution in [0, 0.1) is 0 Å². The Bertz CT molecular complexity index is 515. The number of carboxylic acid groups (broad SMARTS) is 1. The summed E-state index contributed by atoms with van der Waals surface area (Å²) in [6, 6.07) is 0.585. The molecule has 0 amide bonds. The molecule has 0 saturated heterocycles. The summed E-state index contributed by atoms with van der Waals surface area (Å²) in [6.45, 7) is -0.176. The SMILES string of the molecule is NC(CC(=O)O)c1cc2c(cc1C(F)(F)F)OCO2. The van der Waals surface area contributed by atoms with E-state index in [2.05, 4.69) is 0 Å². The topological polar surface area (TPSA) is 81.8 Å². The van der Waals surface area contributed by atoms with Gasteiger partial charge in [-0.2, -0.15) is 13.2 Å². The van der Waals surface area contributed by atoms with Crippen LogP contribution in [0.25, 0.3) is 0 Å². The number of hydrogen-bond donors (Lipinski definition) is 2. The highest BCUT2D eigenvalue weighted by molar-refractivity contribution is 5.68. The zero-order chi connectivity index (χ0) is 14.2. The summed E-state index contributed by atoms with van der Waals surface area (Å²) < 4.78 is 48.6. The number of ether oxygens (including phenoxy) is 2. The minimum Gasteiger partial charge on any atom is -0.481 e. The van der Waals surface area contributed by atoms with E-state index in [0.29, 0.717) is 0 Å². The first kappa shape index (κ1) is 13.5. The first-order chi connectivity index (χ1) is 8.79. The maximum atomic E-state index is 12.9. The van der Waals surface area contributed by atoms with Crippen LogP contribution in [-0.4, -0.2) is 17.9 Å². The minimum atomic E-state index is -4.65. The maximum Gasteiger partial charge on any atom is 0.416 e.